The maximum atomic E-state index is 6.53. The summed E-state index contributed by atoms with van der Waals surface area (Å²) in [4.78, 5) is 2.18. The number of rotatable bonds is 4. The van der Waals surface area contributed by atoms with Crippen LogP contribution in [0.2, 0.25) is 0 Å². The van der Waals surface area contributed by atoms with Crippen LogP contribution in [0.25, 0.3) is 10.8 Å². The van der Waals surface area contributed by atoms with Crippen LogP contribution in [0.3, 0.4) is 0 Å². The van der Waals surface area contributed by atoms with E-state index in [1.165, 1.54) is 16.3 Å². The molecule has 0 fully saturated rings. The third-order valence-corrected chi connectivity index (χ3v) is 3.48. The fourth-order valence-corrected chi connectivity index (χ4v) is 2.31. The van der Waals surface area contributed by atoms with E-state index in [1.807, 2.05) is 0 Å². The second kappa shape index (κ2) is 5.09. The highest BCUT2D eigenvalue weighted by Crippen LogP contribution is 2.29. The Morgan fingerprint density at radius 1 is 1.06 bits per heavy atom. The van der Waals surface area contributed by atoms with Crippen molar-refractivity contribution < 1.29 is 0 Å². The summed E-state index contributed by atoms with van der Waals surface area (Å²) >= 11 is 0. The minimum atomic E-state index is -0.287. The van der Waals surface area contributed by atoms with Gasteiger partial charge in [0.2, 0.25) is 0 Å². The lowest BCUT2D eigenvalue weighted by Gasteiger charge is -2.28. The van der Waals surface area contributed by atoms with E-state index >= 15 is 0 Å². The first kappa shape index (κ1) is 13.1. The maximum Gasteiger partial charge on any atom is 0.0399 e. The van der Waals surface area contributed by atoms with Gasteiger partial charge in [0.1, 0.15) is 0 Å². The first-order chi connectivity index (χ1) is 8.50. The average molecular weight is 242 g/mol. The summed E-state index contributed by atoms with van der Waals surface area (Å²) in [5, 5.41) is 2.53. The number of fused-ring (bicyclic) bond motifs is 1. The van der Waals surface area contributed by atoms with Crippen molar-refractivity contribution in [3.05, 3.63) is 48.0 Å². The third kappa shape index (κ3) is 2.71. The van der Waals surface area contributed by atoms with Crippen molar-refractivity contribution in [3.63, 3.8) is 0 Å². The molecule has 0 aliphatic rings. The van der Waals surface area contributed by atoms with Crippen molar-refractivity contribution in [2.24, 2.45) is 5.73 Å². The Bertz CT molecular complexity index is 524. The smallest absolute Gasteiger partial charge is 0.0399 e. The van der Waals surface area contributed by atoms with Gasteiger partial charge in [0.25, 0.3) is 0 Å². The molecule has 18 heavy (non-hydrogen) atoms. The van der Waals surface area contributed by atoms with Crippen LogP contribution in [0.1, 0.15) is 18.9 Å². The predicted molar refractivity (Wildman–Crippen MR) is 78.7 cm³/mol. The molecule has 96 valence electrons. The van der Waals surface area contributed by atoms with Crippen LogP contribution in [-0.4, -0.2) is 25.5 Å². The molecule has 0 radical (unpaired) electrons. The molecule has 0 aromatic heterocycles. The zero-order chi connectivity index (χ0) is 13.2. The first-order valence-electron chi connectivity index (χ1n) is 6.42. The monoisotopic (exact) mass is 242 g/mol. The van der Waals surface area contributed by atoms with Gasteiger partial charge in [-0.2, -0.15) is 0 Å². The van der Waals surface area contributed by atoms with Crippen molar-refractivity contribution in [1.29, 1.82) is 0 Å². The van der Waals surface area contributed by atoms with Gasteiger partial charge >= 0.3 is 0 Å². The Morgan fingerprint density at radius 3 is 2.44 bits per heavy atom. The minimum absolute atomic E-state index is 0.287. The van der Waals surface area contributed by atoms with Crippen LogP contribution in [0.5, 0.6) is 0 Å². The zero-order valence-electron chi connectivity index (χ0n) is 11.5. The Labute approximate surface area is 109 Å². The molecule has 0 saturated heterocycles. The van der Waals surface area contributed by atoms with E-state index < -0.39 is 0 Å². The van der Waals surface area contributed by atoms with Crippen LogP contribution in [0, 0.1) is 0 Å². The molecule has 2 aromatic carbocycles. The largest absolute Gasteiger partial charge is 0.322 e. The second-order valence-corrected chi connectivity index (χ2v) is 5.50. The van der Waals surface area contributed by atoms with Gasteiger partial charge < -0.3 is 10.6 Å². The summed E-state index contributed by atoms with van der Waals surface area (Å²) in [6.07, 6.45) is 0.952. The highest BCUT2D eigenvalue weighted by atomic mass is 15.1. The quantitative estimate of drug-likeness (QED) is 0.893. The average Bonchev–Trinajstić information content (AvgIpc) is 2.36. The Balaban J connectivity index is 2.40. The highest BCUT2D eigenvalue weighted by Gasteiger charge is 2.22. The lowest BCUT2D eigenvalue weighted by Crippen LogP contribution is -2.36. The molecule has 2 heteroatoms. The number of hydrogen-bond acceptors (Lipinski definition) is 2. The summed E-state index contributed by atoms with van der Waals surface area (Å²) in [6.45, 7) is 3.12. The SMILES string of the molecule is CN(C)CCC(C)(N)c1cccc2ccccc12. The summed E-state index contributed by atoms with van der Waals surface area (Å²) in [5.41, 5.74) is 7.48. The molecule has 0 amide bonds. The van der Waals surface area contributed by atoms with Gasteiger partial charge in [-0.15, -0.1) is 0 Å². The van der Waals surface area contributed by atoms with Gasteiger partial charge in [-0.1, -0.05) is 42.5 Å². The van der Waals surface area contributed by atoms with Crippen molar-refractivity contribution in [2.45, 2.75) is 18.9 Å². The molecular formula is C16H22N2. The van der Waals surface area contributed by atoms with Crippen molar-refractivity contribution in [1.82, 2.24) is 4.90 Å². The standard InChI is InChI=1S/C16H22N2/c1-16(17,11-12-18(2)3)15-10-6-8-13-7-4-5-9-14(13)15/h4-10H,11-12,17H2,1-3H3. The lowest BCUT2D eigenvalue weighted by molar-refractivity contribution is 0.335. The van der Waals surface area contributed by atoms with Gasteiger partial charge in [-0.25, -0.2) is 0 Å². The summed E-state index contributed by atoms with van der Waals surface area (Å²) < 4.78 is 0. The summed E-state index contributed by atoms with van der Waals surface area (Å²) in [6, 6.07) is 14.8. The molecule has 0 heterocycles. The van der Waals surface area contributed by atoms with E-state index in [4.69, 9.17) is 5.73 Å². The van der Waals surface area contributed by atoms with Gasteiger partial charge in [0, 0.05) is 5.54 Å². The van der Waals surface area contributed by atoms with Gasteiger partial charge in [0.15, 0.2) is 0 Å². The second-order valence-electron chi connectivity index (χ2n) is 5.50. The number of nitrogens with zero attached hydrogens (tertiary/aromatic N) is 1. The molecule has 2 nitrogen and oxygen atoms in total. The topological polar surface area (TPSA) is 29.3 Å². The number of hydrogen-bond donors (Lipinski definition) is 1. The summed E-state index contributed by atoms with van der Waals surface area (Å²) in [7, 11) is 4.17. The summed E-state index contributed by atoms with van der Waals surface area (Å²) in [5.74, 6) is 0. The Hall–Kier alpha value is -1.38. The molecule has 2 N–H and O–H groups in total. The zero-order valence-corrected chi connectivity index (χ0v) is 11.5. The molecule has 0 aliphatic carbocycles. The number of benzene rings is 2. The van der Waals surface area contributed by atoms with E-state index in [-0.39, 0.29) is 5.54 Å². The maximum absolute atomic E-state index is 6.53. The van der Waals surface area contributed by atoms with E-state index in [0.717, 1.165) is 13.0 Å². The van der Waals surface area contributed by atoms with Crippen LogP contribution >= 0.6 is 0 Å². The highest BCUT2D eigenvalue weighted by molar-refractivity contribution is 5.86. The molecular weight excluding hydrogens is 220 g/mol. The Morgan fingerprint density at radius 2 is 1.72 bits per heavy atom. The Kier molecular flexibility index (Phi) is 3.69. The van der Waals surface area contributed by atoms with Crippen molar-refractivity contribution >= 4 is 10.8 Å². The number of nitrogens with two attached hydrogens (primary N) is 1. The fourth-order valence-electron chi connectivity index (χ4n) is 2.31. The predicted octanol–water partition coefficient (Wildman–Crippen LogP) is 2.97. The van der Waals surface area contributed by atoms with Crippen LogP contribution in [0.15, 0.2) is 42.5 Å². The van der Waals surface area contributed by atoms with Crippen molar-refractivity contribution in [2.75, 3.05) is 20.6 Å². The molecule has 2 rings (SSSR count). The molecule has 0 bridgehead atoms. The van der Waals surface area contributed by atoms with E-state index in [1.54, 1.807) is 0 Å². The van der Waals surface area contributed by atoms with Gasteiger partial charge in [-0.3, -0.25) is 0 Å². The van der Waals surface area contributed by atoms with Crippen LogP contribution in [0.4, 0.5) is 0 Å². The molecule has 0 saturated carbocycles. The van der Waals surface area contributed by atoms with Crippen LogP contribution < -0.4 is 5.73 Å². The van der Waals surface area contributed by atoms with E-state index in [2.05, 4.69) is 68.4 Å². The first-order valence-corrected chi connectivity index (χ1v) is 6.42. The normalized spacial score (nSPS) is 14.9. The molecule has 0 spiro atoms. The minimum Gasteiger partial charge on any atom is -0.322 e. The van der Waals surface area contributed by atoms with Crippen LogP contribution in [-0.2, 0) is 5.54 Å². The van der Waals surface area contributed by atoms with E-state index in [0.29, 0.717) is 0 Å². The molecule has 1 unspecified atom stereocenters. The van der Waals surface area contributed by atoms with E-state index in [9.17, 15) is 0 Å². The molecule has 0 aliphatic heterocycles. The lowest BCUT2D eigenvalue weighted by atomic mass is 9.86. The van der Waals surface area contributed by atoms with Crippen molar-refractivity contribution in [3.8, 4) is 0 Å². The fraction of sp³-hybridized carbons (Fsp3) is 0.375. The molecule has 1 atom stereocenters. The van der Waals surface area contributed by atoms with Gasteiger partial charge in [0.05, 0.1) is 0 Å². The molecule has 2 aromatic rings. The van der Waals surface area contributed by atoms with Gasteiger partial charge in [-0.05, 0) is 50.3 Å². The third-order valence-electron chi connectivity index (χ3n) is 3.48.